The number of fused-ring (bicyclic) bond motifs is 1. The fourth-order valence-electron chi connectivity index (χ4n) is 1.79. The van der Waals surface area contributed by atoms with Crippen molar-refractivity contribution < 1.29 is 9.84 Å². The van der Waals surface area contributed by atoms with Crippen molar-refractivity contribution in [2.75, 3.05) is 19.5 Å². The van der Waals surface area contributed by atoms with Gasteiger partial charge in [-0.2, -0.15) is 5.10 Å². The average Bonchev–Trinajstić information content (AvgIpc) is 2.97. The summed E-state index contributed by atoms with van der Waals surface area (Å²) >= 11 is 0. The molecule has 1 unspecified atom stereocenters. The van der Waals surface area contributed by atoms with E-state index in [2.05, 4.69) is 22.9 Å². The second-order valence-corrected chi connectivity index (χ2v) is 3.85. The molecule has 6 nitrogen and oxygen atoms in total. The molecular formula is C15H24N4O2. The molecule has 0 aliphatic carbocycles. The van der Waals surface area contributed by atoms with Crippen molar-refractivity contribution in [1.82, 2.24) is 14.6 Å². The van der Waals surface area contributed by atoms with Crippen LogP contribution in [0.15, 0.2) is 18.5 Å². The zero-order valence-electron chi connectivity index (χ0n) is 12.9. The second kappa shape index (κ2) is 10.7. The summed E-state index contributed by atoms with van der Waals surface area (Å²) < 4.78 is 6.89. The number of aromatic nitrogens is 3. The number of methoxy groups -OCH3 is 1. The molecule has 0 radical (unpaired) electrons. The van der Waals surface area contributed by atoms with E-state index in [0.717, 1.165) is 24.1 Å². The highest BCUT2D eigenvalue weighted by Gasteiger charge is 2.10. The lowest BCUT2D eigenvalue weighted by Crippen LogP contribution is -2.16. The van der Waals surface area contributed by atoms with Crippen LogP contribution in [-0.2, 0) is 11.2 Å². The van der Waals surface area contributed by atoms with E-state index < -0.39 is 0 Å². The van der Waals surface area contributed by atoms with Gasteiger partial charge in [0.1, 0.15) is 11.8 Å². The van der Waals surface area contributed by atoms with Crippen LogP contribution in [0, 0.1) is 12.8 Å². The van der Waals surface area contributed by atoms with Gasteiger partial charge in [0.2, 0.25) is 0 Å². The molecule has 2 rings (SSSR count). The summed E-state index contributed by atoms with van der Waals surface area (Å²) in [5, 5.41) is 13.2. The Morgan fingerprint density at radius 2 is 2.05 bits per heavy atom. The number of nitrogens with zero attached hydrogens (tertiary/aromatic N) is 3. The van der Waals surface area contributed by atoms with Gasteiger partial charge in [0.05, 0.1) is 12.7 Å². The molecule has 2 aromatic heterocycles. The molecule has 116 valence electrons. The standard InChI is InChI=1S/C11H16N4O2.C2H6.C2H2/c1-17-9(6-16)4-2-8-3-5-10-11(12)13-7-14-15(8)10;2*1-2/h3,5,7,9,16H,2,4,6H2,1H3,(H2,12,13,14);1-2H3;1-2H. The van der Waals surface area contributed by atoms with E-state index in [0.29, 0.717) is 5.82 Å². The van der Waals surface area contributed by atoms with Gasteiger partial charge < -0.3 is 15.6 Å². The Morgan fingerprint density at radius 1 is 1.38 bits per heavy atom. The number of anilines is 1. The third-order valence-corrected chi connectivity index (χ3v) is 2.82. The zero-order chi connectivity index (χ0) is 16.3. The van der Waals surface area contributed by atoms with Crippen LogP contribution in [0.1, 0.15) is 26.0 Å². The predicted octanol–water partition coefficient (Wildman–Crippen LogP) is 1.53. The largest absolute Gasteiger partial charge is 0.394 e. The van der Waals surface area contributed by atoms with Crippen LogP contribution >= 0.6 is 0 Å². The molecule has 0 bridgehead atoms. The number of terminal acetylenes is 1. The van der Waals surface area contributed by atoms with Crippen molar-refractivity contribution in [1.29, 1.82) is 0 Å². The number of hydrogen-bond acceptors (Lipinski definition) is 5. The highest BCUT2D eigenvalue weighted by Crippen LogP contribution is 2.15. The van der Waals surface area contributed by atoms with Gasteiger partial charge in [0.25, 0.3) is 0 Å². The number of aliphatic hydroxyl groups excluding tert-OH is 1. The van der Waals surface area contributed by atoms with Crippen LogP contribution in [0.3, 0.4) is 0 Å². The molecule has 1 atom stereocenters. The quantitative estimate of drug-likeness (QED) is 0.816. The van der Waals surface area contributed by atoms with E-state index in [1.807, 2.05) is 26.0 Å². The first kappa shape index (κ1) is 18.9. The van der Waals surface area contributed by atoms with Gasteiger partial charge in [-0.1, -0.05) is 13.8 Å². The van der Waals surface area contributed by atoms with E-state index in [1.165, 1.54) is 6.33 Å². The number of nitrogens with two attached hydrogens (primary N) is 1. The molecule has 2 heterocycles. The van der Waals surface area contributed by atoms with Gasteiger partial charge in [-0.25, -0.2) is 9.50 Å². The summed E-state index contributed by atoms with van der Waals surface area (Å²) in [6, 6.07) is 3.86. The lowest BCUT2D eigenvalue weighted by Gasteiger charge is -2.11. The summed E-state index contributed by atoms with van der Waals surface area (Å²) in [7, 11) is 1.59. The Balaban J connectivity index is 0.000000921. The Bertz CT molecular complexity index is 533. The second-order valence-electron chi connectivity index (χ2n) is 3.85. The molecule has 0 saturated heterocycles. The fourth-order valence-corrected chi connectivity index (χ4v) is 1.79. The van der Waals surface area contributed by atoms with Crippen LogP contribution in [0.2, 0.25) is 0 Å². The van der Waals surface area contributed by atoms with Crippen LogP contribution in [0.5, 0.6) is 0 Å². The highest BCUT2D eigenvalue weighted by atomic mass is 16.5. The lowest BCUT2D eigenvalue weighted by molar-refractivity contribution is 0.0433. The number of hydrogen-bond donors (Lipinski definition) is 2. The lowest BCUT2D eigenvalue weighted by atomic mass is 10.1. The topological polar surface area (TPSA) is 85.7 Å². The third-order valence-electron chi connectivity index (χ3n) is 2.82. The molecule has 2 aromatic rings. The maximum atomic E-state index is 9.03. The molecule has 0 aliphatic heterocycles. The maximum Gasteiger partial charge on any atom is 0.151 e. The Hall–Kier alpha value is -2.10. The molecule has 21 heavy (non-hydrogen) atoms. The number of rotatable bonds is 5. The summed E-state index contributed by atoms with van der Waals surface area (Å²) in [6.45, 7) is 4.02. The van der Waals surface area contributed by atoms with E-state index in [9.17, 15) is 0 Å². The van der Waals surface area contributed by atoms with Crippen LogP contribution in [0.4, 0.5) is 5.82 Å². The minimum absolute atomic E-state index is 0.0247. The first-order chi connectivity index (χ1) is 10.3. The molecule has 0 spiro atoms. The predicted molar refractivity (Wildman–Crippen MR) is 84.8 cm³/mol. The van der Waals surface area contributed by atoms with Crippen molar-refractivity contribution in [3.63, 3.8) is 0 Å². The zero-order valence-corrected chi connectivity index (χ0v) is 12.9. The molecule has 0 saturated carbocycles. The summed E-state index contributed by atoms with van der Waals surface area (Å²) in [5.74, 6) is 0.469. The van der Waals surface area contributed by atoms with Crippen molar-refractivity contribution >= 4 is 11.3 Å². The van der Waals surface area contributed by atoms with Crippen LogP contribution in [-0.4, -0.2) is 39.5 Å². The highest BCUT2D eigenvalue weighted by molar-refractivity contribution is 5.65. The summed E-state index contributed by atoms with van der Waals surface area (Å²) in [6.07, 6.45) is 10.8. The molecular weight excluding hydrogens is 268 g/mol. The Kier molecular flexibility index (Phi) is 9.59. The molecule has 0 fully saturated rings. The van der Waals surface area contributed by atoms with E-state index in [1.54, 1.807) is 11.6 Å². The van der Waals surface area contributed by atoms with E-state index in [4.69, 9.17) is 15.6 Å². The first-order valence-electron chi connectivity index (χ1n) is 6.80. The molecule has 0 aliphatic rings. The fraction of sp³-hybridized carbons (Fsp3) is 0.467. The van der Waals surface area contributed by atoms with E-state index in [-0.39, 0.29) is 12.7 Å². The molecule has 3 N–H and O–H groups in total. The Morgan fingerprint density at radius 3 is 2.62 bits per heavy atom. The van der Waals surface area contributed by atoms with Crippen LogP contribution < -0.4 is 5.73 Å². The maximum absolute atomic E-state index is 9.03. The normalized spacial score (nSPS) is 11.0. The van der Waals surface area contributed by atoms with Gasteiger partial charge in [-0.05, 0) is 25.0 Å². The minimum atomic E-state index is -0.139. The monoisotopic (exact) mass is 292 g/mol. The van der Waals surface area contributed by atoms with Crippen molar-refractivity contribution in [2.24, 2.45) is 0 Å². The third kappa shape index (κ3) is 5.06. The van der Waals surface area contributed by atoms with Gasteiger partial charge >= 0.3 is 0 Å². The van der Waals surface area contributed by atoms with Gasteiger partial charge in [0, 0.05) is 12.8 Å². The van der Waals surface area contributed by atoms with Gasteiger partial charge in [0.15, 0.2) is 5.82 Å². The molecule has 0 aromatic carbocycles. The summed E-state index contributed by atoms with van der Waals surface area (Å²) in [5.41, 5.74) is 7.58. The first-order valence-corrected chi connectivity index (χ1v) is 6.80. The number of nitrogen functional groups attached to an aromatic ring is 1. The SMILES string of the molecule is C#C.CC.COC(CO)CCc1ccc2c(N)ncnn12. The van der Waals surface area contributed by atoms with E-state index >= 15 is 0 Å². The van der Waals surface area contributed by atoms with Gasteiger partial charge in [-0.3, -0.25) is 0 Å². The number of aliphatic hydroxyl groups is 1. The van der Waals surface area contributed by atoms with Crippen molar-refractivity contribution in [3.05, 3.63) is 24.2 Å². The smallest absolute Gasteiger partial charge is 0.151 e. The average molecular weight is 292 g/mol. The van der Waals surface area contributed by atoms with Gasteiger partial charge in [-0.15, -0.1) is 12.8 Å². The van der Waals surface area contributed by atoms with Crippen molar-refractivity contribution in [2.45, 2.75) is 32.8 Å². The number of aryl methyl sites for hydroxylation is 1. The molecule has 0 amide bonds. The molecule has 6 heteroatoms. The Labute approximate surface area is 126 Å². The summed E-state index contributed by atoms with van der Waals surface area (Å²) in [4.78, 5) is 3.93. The van der Waals surface area contributed by atoms with Crippen LogP contribution in [0.25, 0.3) is 5.52 Å². The minimum Gasteiger partial charge on any atom is -0.394 e. The number of ether oxygens (including phenoxy) is 1. The van der Waals surface area contributed by atoms with Crippen molar-refractivity contribution in [3.8, 4) is 12.8 Å².